The summed E-state index contributed by atoms with van der Waals surface area (Å²) in [5, 5.41) is 0. The molecule has 1 saturated carbocycles. The molecule has 0 aromatic heterocycles. The normalized spacial score (nSPS) is 20.5. The minimum Gasteiger partial charge on any atom is -0.289 e. The van der Waals surface area contributed by atoms with E-state index >= 15 is 0 Å². The molecule has 0 atom stereocenters. The van der Waals surface area contributed by atoms with Gasteiger partial charge in [0, 0.05) is 44.6 Å². The molecular formula is C60H80O4. The summed E-state index contributed by atoms with van der Waals surface area (Å²) in [5.41, 5.74) is 9.62. The highest BCUT2D eigenvalue weighted by Crippen LogP contribution is 2.58. The van der Waals surface area contributed by atoms with Crippen molar-refractivity contribution in [3.8, 4) is 0 Å². The van der Waals surface area contributed by atoms with Gasteiger partial charge in [-0.25, -0.2) is 0 Å². The molecule has 0 radical (unpaired) electrons. The van der Waals surface area contributed by atoms with Gasteiger partial charge in [0.15, 0.2) is 23.1 Å². The molecule has 0 heterocycles. The highest BCUT2D eigenvalue weighted by molar-refractivity contribution is 6.15. The zero-order chi connectivity index (χ0) is 49.2. The van der Waals surface area contributed by atoms with E-state index in [1.54, 1.807) is 0 Å². The average Bonchev–Trinajstić information content (AvgIpc) is 3.06. The van der Waals surface area contributed by atoms with Crippen LogP contribution in [0.25, 0.3) is 0 Å². The zero-order valence-electron chi connectivity index (χ0n) is 44.3. The smallest absolute Gasteiger partial charge is 0.186 e. The maximum absolute atomic E-state index is 14.6. The van der Waals surface area contributed by atoms with E-state index in [-0.39, 0.29) is 23.1 Å². The second-order valence-electron chi connectivity index (χ2n) is 27.1. The second-order valence-corrected chi connectivity index (χ2v) is 27.1. The first-order valence-electron chi connectivity index (χ1n) is 23.4. The Morgan fingerprint density at radius 2 is 0.297 bits per heavy atom. The molecule has 0 aromatic carbocycles. The largest absolute Gasteiger partial charge is 0.289 e. The Morgan fingerprint density at radius 3 is 0.375 bits per heavy atom. The van der Waals surface area contributed by atoms with E-state index < -0.39 is 43.3 Å². The van der Waals surface area contributed by atoms with Crippen molar-refractivity contribution in [2.75, 3.05) is 0 Å². The number of allylic oxidation sites excluding steroid dienone is 24. The van der Waals surface area contributed by atoms with Crippen LogP contribution < -0.4 is 0 Å². The van der Waals surface area contributed by atoms with Gasteiger partial charge in [-0.3, -0.25) is 19.2 Å². The Kier molecular flexibility index (Phi) is 12.3. The fraction of sp³-hybridized carbons (Fsp3) is 0.533. The fourth-order valence-corrected chi connectivity index (χ4v) is 9.14. The highest BCUT2D eigenvalue weighted by Gasteiger charge is 2.46. The molecule has 0 spiro atoms. The van der Waals surface area contributed by atoms with Gasteiger partial charge in [-0.1, -0.05) is 166 Å². The lowest BCUT2D eigenvalue weighted by molar-refractivity contribution is -0.114. The van der Waals surface area contributed by atoms with E-state index in [0.717, 1.165) is 89.2 Å². The number of carbonyl (C=O) groups excluding carboxylic acids is 4. The number of hydrogen-bond donors (Lipinski definition) is 0. The van der Waals surface area contributed by atoms with Crippen LogP contribution in [0.15, 0.2) is 138 Å². The van der Waals surface area contributed by atoms with Gasteiger partial charge in [0.05, 0.1) is 0 Å². The monoisotopic (exact) mass is 865 g/mol. The van der Waals surface area contributed by atoms with Crippen LogP contribution in [0.4, 0.5) is 0 Å². The standard InChI is InChI=1S/C60H80O4/c1-53(2,3)37-25-33(26-38(49(37)61)54(4,5)6)45-46(34-27-39(55(7,8)9)50(62)40(28-34)56(10,11)12)48(36-31-43(59(19,20)21)52(64)44(32-36)60(22,23)24)47(45)35-29-41(57(13,14)15)51(63)42(30-35)58(16,17)18/h25-32H,1-24H3. The van der Waals surface area contributed by atoms with Crippen LogP contribution in [0.1, 0.15) is 166 Å². The summed E-state index contributed by atoms with van der Waals surface area (Å²) in [6, 6.07) is 0. The van der Waals surface area contributed by atoms with Crippen molar-refractivity contribution in [3.63, 3.8) is 0 Å². The van der Waals surface area contributed by atoms with Gasteiger partial charge in [-0.2, -0.15) is 0 Å². The molecule has 0 aromatic rings. The topological polar surface area (TPSA) is 68.3 Å². The van der Waals surface area contributed by atoms with Crippen molar-refractivity contribution in [1.82, 2.24) is 0 Å². The summed E-state index contributed by atoms with van der Waals surface area (Å²) in [5.74, 6) is 0.197. The molecule has 0 amide bonds. The van der Waals surface area contributed by atoms with Crippen molar-refractivity contribution >= 4 is 23.1 Å². The average molecular weight is 865 g/mol. The lowest BCUT2D eigenvalue weighted by Crippen LogP contribution is -2.32. The Balaban J connectivity index is 2.28. The van der Waals surface area contributed by atoms with Crippen LogP contribution in [-0.4, -0.2) is 23.1 Å². The highest BCUT2D eigenvalue weighted by atomic mass is 16.1. The van der Waals surface area contributed by atoms with Crippen LogP contribution >= 0.6 is 0 Å². The van der Waals surface area contributed by atoms with Crippen molar-refractivity contribution in [1.29, 1.82) is 0 Å². The molecule has 0 N–H and O–H groups in total. The van der Waals surface area contributed by atoms with Crippen LogP contribution in [0.5, 0.6) is 0 Å². The molecule has 4 nitrogen and oxygen atoms in total. The molecule has 5 rings (SSSR count). The number of ketones is 4. The van der Waals surface area contributed by atoms with E-state index in [4.69, 9.17) is 0 Å². The lowest BCUT2D eigenvalue weighted by Gasteiger charge is -2.42. The summed E-state index contributed by atoms with van der Waals surface area (Å²) < 4.78 is 0. The second kappa shape index (κ2) is 15.6. The van der Waals surface area contributed by atoms with E-state index in [9.17, 15) is 19.2 Å². The maximum atomic E-state index is 14.6. The quantitative estimate of drug-likeness (QED) is 0.243. The minimum absolute atomic E-state index is 0.0492. The van der Waals surface area contributed by atoms with Gasteiger partial charge in [0.2, 0.25) is 0 Å². The van der Waals surface area contributed by atoms with Crippen molar-refractivity contribution in [2.45, 2.75) is 166 Å². The summed E-state index contributed by atoms with van der Waals surface area (Å²) >= 11 is 0. The molecule has 5 aliphatic rings. The summed E-state index contributed by atoms with van der Waals surface area (Å²) in [7, 11) is 0. The molecule has 64 heavy (non-hydrogen) atoms. The number of Topliss-reactive ketones (excluding diaryl/α,β-unsaturated/α-hetero) is 4. The SMILES string of the molecule is CC(C)(C)C1=CC(=C2C(=C3C=C(C(C)(C)C)C(=O)C(C(C)(C)C)=C3)C(=C3C=C(C(C)(C)C)C(=O)C(C(C)(C)C)=C3)C2=C2C=C(C(C)(C)C)C(=O)C(C(C)(C)C)=C2)C=C(C(C)(C)C)C1=O. The predicted molar refractivity (Wildman–Crippen MR) is 268 cm³/mol. The first-order chi connectivity index (χ1) is 28.5. The molecule has 4 heteroatoms. The van der Waals surface area contributed by atoms with Crippen molar-refractivity contribution in [2.24, 2.45) is 43.3 Å². The van der Waals surface area contributed by atoms with Gasteiger partial charge >= 0.3 is 0 Å². The maximum Gasteiger partial charge on any atom is 0.186 e. The van der Waals surface area contributed by atoms with Gasteiger partial charge in [0.25, 0.3) is 0 Å². The molecule has 0 unspecified atom stereocenters. The molecule has 1 fully saturated rings. The molecule has 0 aliphatic heterocycles. The van der Waals surface area contributed by atoms with Gasteiger partial charge in [0.1, 0.15) is 0 Å². The number of hydrogen-bond acceptors (Lipinski definition) is 4. The summed E-state index contributed by atoms with van der Waals surface area (Å²) in [6.07, 6.45) is 16.8. The Morgan fingerprint density at radius 1 is 0.203 bits per heavy atom. The third-order valence-corrected chi connectivity index (χ3v) is 13.0. The predicted octanol–water partition coefficient (Wildman–Crippen LogP) is 15.3. The van der Waals surface area contributed by atoms with Crippen molar-refractivity contribution in [3.05, 3.63) is 138 Å². The van der Waals surface area contributed by atoms with E-state index in [1.807, 2.05) is 0 Å². The fourth-order valence-electron chi connectivity index (χ4n) is 9.14. The number of carbonyl (C=O) groups is 4. The van der Waals surface area contributed by atoms with Crippen molar-refractivity contribution < 1.29 is 19.2 Å². The van der Waals surface area contributed by atoms with E-state index in [1.165, 1.54) is 0 Å². The Bertz CT molecular complexity index is 2030. The zero-order valence-corrected chi connectivity index (χ0v) is 44.3. The molecule has 5 aliphatic carbocycles. The minimum atomic E-state index is -0.469. The Hall–Kier alpha value is -4.44. The molecular weight excluding hydrogens is 785 g/mol. The van der Waals surface area contributed by atoms with Crippen LogP contribution in [0.2, 0.25) is 0 Å². The first kappa shape index (κ1) is 50.6. The summed E-state index contributed by atoms with van der Waals surface area (Å²) in [6.45, 7) is 50.4. The van der Waals surface area contributed by atoms with Crippen LogP contribution in [0.3, 0.4) is 0 Å². The van der Waals surface area contributed by atoms with Crippen LogP contribution in [-0.2, 0) is 19.2 Å². The van der Waals surface area contributed by atoms with Gasteiger partial charge < -0.3 is 0 Å². The van der Waals surface area contributed by atoms with Crippen LogP contribution in [0, 0.1) is 43.3 Å². The molecule has 344 valence electrons. The van der Waals surface area contributed by atoms with Gasteiger partial charge in [-0.15, -0.1) is 0 Å². The Labute approximate surface area is 388 Å². The summed E-state index contributed by atoms with van der Waals surface area (Å²) in [4.78, 5) is 58.4. The molecule has 0 saturated heterocycles. The third-order valence-electron chi connectivity index (χ3n) is 13.0. The molecule has 0 bridgehead atoms. The number of rotatable bonds is 0. The van der Waals surface area contributed by atoms with E-state index in [2.05, 4.69) is 215 Å². The lowest BCUT2D eigenvalue weighted by atomic mass is 9.60. The first-order valence-corrected chi connectivity index (χ1v) is 23.4. The van der Waals surface area contributed by atoms with Gasteiger partial charge in [-0.05, 0) is 137 Å². The van der Waals surface area contributed by atoms with E-state index in [0.29, 0.717) is 0 Å². The third kappa shape index (κ3) is 9.45.